The fourth-order valence-electron chi connectivity index (χ4n) is 1.71. The number of hydrogen-bond donors (Lipinski definition) is 0. The number of hydrogen-bond acceptors (Lipinski definition) is 2. The summed E-state index contributed by atoms with van der Waals surface area (Å²) >= 11 is 9.10. The van der Waals surface area contributed by atoms with E-state index in [4.69, 9.17) is 11.6 Å². The first-order valence-electron chi connectivity index (χ1n) is 4.87. The summed E-state index contributed by atoms with van der Waals surface area (Å²) < 4.78 is 0. The Labute approximate surface area is 107 Å². The van der Waals surface area contributed by atoms with Gasteiger partial charge in [-0.1, -0.05) is 27.5 Å². The lowest BCUT2D eigenvalue weighted by Crippen LogP contribution is -2.30. The summed E-state index contributed by atoms with van der Waals surface area (Å²) in [6.07, 6.45) is 0.807. The zero-order chi connectivity index (χ0) is 11.7. The third kappa shape index (κ3) is 1.87. The molecule has 1 aliphatic heterocycles. The molecular weight excluding hydrogens is 293 g/mol. The van der Waals surface area contributed by atoms with Crippen LogP contribution in [0.4, 0.5) is 5.69 Å². The van der Waals surface area contributed by atoms with Crippen molar-refractivity contribution >= 4 is 44.9 Å². The van der Waals surface area contributed by atoms with E-state index < -0.39 is 11.7 Å². The molecule has 1 aliphatic rings. The smallest absolute Gasteiger partial charge is 0.299 e. The van der Waals surface area contributed by atoms with Crippen molar-refractivity contribution in [2.24, 2.45) is 0 Å². The largest absolute Gasteiger partial charge is 0.305 e. The van der Waals surface area contributed by atoms with Crippen LogP contribution in [0.1, 0.15) is 16.8 Å². The first-order valence-corrected chi connectivity index (χ1v) is 6.37. The Morgan fingerprint density at radius 2 is 2.06 bits per heavy atom. The zero-order valence-corrected chi connectivity index (χ0v) is 10.7. The molecule has 0 spiro atoms. The lowest BCUT2D eigenvalue weighted by Gasteiger charge is -2.15. The van der Waals surface area contributed by atoms with Crippen molar-refractivity contribution < 1.29 is 9.59 Å². The van der Waals surface area contributed by atoms with Crippen LogP contribution in [-0.4, -0.2) is 23.6 Å². The van der Waals surface area contributed by atoms with Crippen LogP contribution in [0, 0.1) is 0 Å². The predicted molar refractivity (Wildman–Crippen MR) is 66.5 cm³/mol. The van der Waals surface area contributed by atoms with Crippen LogP contribution in [-0.2, 0) is 4.79 Å². The van der Waals surface area contributed by atoms with E-state index in [2.05, 4.69) is 15.9 Å². The van der Waals surface area contributed by atoms with Crippen molar-refractivity contribution in [2.75, 3.05) is 16.8 Å². The van der Waals surface area contributed by atoms with Gasteiger partial charge in [0.25, 0.3) is 11.7 Å². The number of nitrogens with zero attached hydrogens (tertiary/aromatic N) is 1. The summed E-state index contributed by atoms with van der Waals surface area (Å²) in [6.45, 7) is 0.546. The molecule has 0 saturated heterocycles. The summed E-state index contributed by atoms with van der Waals surface area (Å²) in [6, 6.07) is 4.95. The maximum absolute atomic E-state index is 11.7. The van der Waals surface area contributed by atoms with Crippen molar-refractivity contribution in [3.05, 3.63) is 28.8 Å². The number of amides is 1. The van der Waals surface area contributed by atoms with Gasteiger partial charge in [-0.2, -0.15) is 0 Å². The van der Waals surface area contributed by atoms with Gasteiger partial charge in [-0.3, -0.25) is 9.59 Å². The first-order chi connectivity index (χ1) is 7.65. The van der Waals surface area contributed by atoms with Gasteiger partial charge in [0.2, 0.25) is 0 Å². The molecule has 5 heteroatoms. The van der Waals surface area contributed by atoms with E-state index in [9.17, 15) is 9.59 Å². The lowest BCUT2D eigenvalue weighted by atomic mass is 10.1. The normalized spacial score (nSPS) is 14.5. The number of ketones is 1. The number of halogens is 2. The fourth-order valence-corrected chi connectivity index (χ4v) is 2.14. The number of benzene rings is 1. The Hall–Kier alpha value is -0.870. The average Bonchev–Trinajstić information content (AvgIpc) is 2.50. The molecule has 16 heavy (non-hydrogen) atoms. The standard InChI is InChI=1S/C11H9BrClNO2/c12-4-1-5-14-9-3-2-7(13)6-8(9)10(15)11(14)16/h2-3,6H,1,4-5H2. The molecule has 1 heterocycles. The first kappa shape index (κ1) is 11.6. The topological polar surface area (TPSA) is 37.4 Å². The van der Waals surface area contributed by atoms with Crippen LogP contribution in [0.25, 0.3) is 0 Å². The Kier molecular flexibility index (Phi) is 3.30. The van der Waals surface area contributed by atoms with E-state index in [1.165, 1.54) is 4.90 Å². The highest BCUT2D eigenvalue weighted by molar-refractivity contribution is 9.09. The summed E-state index contributed by atoms with van der Waals surface area (Å²) in [5.74, 6) is -0.926. The summed E-state index contributed by atoms with van der Waals surface area (Å²) in [7, 11) is 0. The second kappa shape index (κ2) is 4.55. The number of carbonyl (C=O) groups excluding carboxylic acids is 2. The highest BCUT2D eigenvalue weighted by Crippen LogP contribution is 2.31. The summed E-state index contributed by atoms with van der Waals surface area (Å²) in [5.41, 5.74) is 1.08. The van der Waals surface area contributed by atoms with E-state index >= 15 is 0 Å². The van der Waals surface area contributed by atoms with Crippen molar-refractivity contribution in [2.45, 2.75) is 6.42 Å². The summed E-state index contributed by atoms with van der Waals surface area (Å²) in [4.78, 5) is 24.9. The van der Waals surface area contributed by atoms with Crippen LogP contribution in [0.2, 0.25) is 5.02 Å². The molecule has 0 N–H and O–H groups in total. The van der Waals surface area contributed by atoms with Gasteiger partial charge in [-0.15, -0.1) is 0 Å². The maximum Gasteiger partial charge on any atom is 0.299 e. The lowest BCUT2D eigenvalue weighted by molar-refractivity contribution is -0.114. The van der Waals surface area contributed by atoms with Gasteiger partial charge in [0.15, 0.2) is 0 Å². The third-order valence-electron chi connectivity index (χ3n) is 2.45. The SMILES string of the molecule is O=C1C(=O)N(CCCBr)c2ccc(Cl)cc21. The minimum Gasteiger partial charge on any atom is -0.305 e. The number of alkyl halides is 1. The van der Waals surface area contributed by atoms with Gasteiger partial charge >= 0.3 is 0 Å². The fraction of sp³-hybridized carbons (Fsp3) is 0.273. The molecule has 1 aromatic carbocycles. The Morgan fingerprint density at radius 3 is 2.75 bits per heavy atom. The second-order valence-electron chi connectivity index (χ2n) is 3.49. The van der Waals surface area contributed by atoms with E-state index in [0.717, 1.165) is 11.8 Å². The molecule has 0 aliphatic carbocycles. The average molecular weight is 303 g/mol. The molecule has 0 unspecified atom stereocenters. The molecule has 1 amide bonds. The number of fused-ring (bicyclic) bond motifs is 1. The summed E-state index contributed by atoms with van der Waals surface area (Å²) in [5, 5.41) is 1.27. The van der Waals surface area contributed by atoms with Gasteiger partial charge in [0.1, 0.15) is 0 Å². The monoisotopic (exact) mass is 301 g/mol. The third-order valence-corrected chi connectivity index (χ3v) is 3.24. The molecule has 1 aromatic rings. The maximum atomic E-state index is 11.7. The van der Waals surface area contributed by atoms with Crippen molar-refractivity contribution in [1.82, 2.24) is 0 Å². The van der Waals surface area contributed by atoms with E-state index in [-0.39, 0.29) is 0 Å². The molecule has 2 rings (SSSR count). The number of carbonyl (C=O) groups is 2. The highest BCUT2D eigenvalue weighted by atomic mass is 79.9. The quantitative estimate of drug-likeness (QED) is 0.636. The minimum atomic E-state index is -0.466. The molecule has 0 saturated carbocycles. The van der Waals surface area contributed by atoms with Crippen molar-refractivity contribution in [3.63, 3.8) is 0 Å². The van der Waals surface area contributed by atoms with Crippen molar-refractivity contribution in [3.8, 4) is 0 Å². The van der Waals surface area contributed by atoms with Crippen LogP contribution in [0.5, 0.6) is 0 Å². The Bertz CT molecular complexity index is 461. The molecule has 0 aromatic heterocycles. The van der Waals surface area contributed by atoms with E-state index in [1.807, 2.05) is 0 Å². The van der Waals surface area contributed by atoms with Crippen LogP contribution in [0.3, 0.4) is 0 Å². The van der Waals surface area contributed by atoms with E-state index in [1.54, 1.807) is 18.2 Å². The van der Waals surface area contributed by atoms with Gasteiger partial charge in [0.05, 0.1) is 11.3 Å². The second-order valence-corrected chi connectivity index (χ2v) is 4.72. The van der Waals surface area contributed by atoms with Gasteiger partial charge in [-0.25, -0.2) is 0 Å². The molecule has 0 atom stereocenters. The van der Waals surface area contributed by atoms with E-state index in [0.29, 0.717) is 22.8 Å². The van der Waals surface area contributed by atoms with Gasteiger partial charge in [-0.05, 0) is 24.6 Å². The molecule has 0 radical (unpaired) electrons. The number of rotatable bonds is 3. The molecule has 84 valence electrons. The molecule has 3 nitrogen and oxygen atoms in total. The van der Waals surface area contributed by atoms with Gasteiger partial charge in [0, 0.05) is 16.9 Å². The predicted octanol–water partition coefficient (Wildman–Crippen LogP) is 2.65. The zero-order valence-electron chi connectivity index (χ0n) is 8.37. The number of Topliss-reactive ketones (excluding diaryl/α,β-unsaturated/α-hetero) is 1. The minimum absolute atomic E-state index is 0.409. The van der Waals surface area contributed by atoms with Crippen LogP contribution < -0.4 is 4.90 Å². The molecule has 0 bridgehead atoms. The molecule has 0 fully saturated rings. The number of anilines is 1. The molecular formula is C11H9BrClNO2. The van der Waals surface area contributed by atoms with Gasteiger partial charge < -0.3 is 4.90 Å². The Morgan fingerprint density at radius 1 is 1.31 bits per heavy atom. The van der Waals surface area contributed by atoms with Crippen LogP contribution in [0.15, 0.2) is 18.2 Å². The Balaban J connectivity index is 2.38. The van der Waals surface area contributed by atoms with Crippen LogP contribution >= 0.6 is 27.5 Å². The van der Waals surface area contributed by atoms with Crippen molar-refractivity contribution in [1.29, 1.82) is 0 Å². The highest BCUT2D eigenvalue weighted by Gasteiger charge is 2.35.